The standard InChI is InChI=1S/C29H30N4O4/c1-32(25-11-9-20(10-12-25)27(30)31)28(36)21-7-8-22-18-33(14-13-19-5-3-2-4-6-19)29(37)24(17-26(34)35)16-23(22)15-21/h2-12,15,24H,13-14,16-18H2,1H3,(H3,30,31)(H,34,35)/t24-/m0/s1. The SMILES string of the molecule is CN(C(=O)c1ccc2c(c1)C[C@@H](CC(=O)O)C(=O)N(CCc1ccccc1)C2)c1ccc(C(=N)N)cc1. The third-order valence-corrected chi connectivity index (χ3v) is 6.75. The monoisotopic (exact) mass is 498 g/mol. The van der Waals surface area contributed by atoms with Crippen LogP contribution in [0.5, 0.6) is 0 Å². The summed E-state index contributed by atoms with van der Waals surface area (Å²) in [4.78, 5) is 41.4. The van der Waals surface area contributed by atoms with Crippen LogP contribution in [0.2, 0.25) is 0 Å². The van der Waals surface area contributed by atoms with Crippen LogP contribution in [0.25, 0.3) is 0 Å². The van der Waals surface area contributed by atoms with Gasteiger partial charge in [-0.05, 0) is 65.9 Å². The largest absolute Gasteiger partial charge is 0.481 e. The van der Waals surface area contributed by atoms with E-state index in [9.17, 15) is 19.5 Å². The van der Waals surface area contributed by atoms with Crippen LogP contribution < -0.4 is 10.6 Å². The number of carboxylic acid groups (broad SMARTS) is 1. The van der Waals surface area contributed by atoms with Crippen molar-refractivity contribution in [3.05, 3.63) is 101 Å². The molecule has 1 heterocycles. The van der Waals surface area contributed by atoms with Crippen LogP contribution in [-0.2, 0) is 29.0 Å². The Labute approximate surface area is 215 Å². The van der Waals surface area contributed by atoms with Gasteiger partial charge in [0.2, 0.25) is 5.91 Å². The van der Waals surface area contributed by atoms with Gasteiger partial charge in [-0.2, -0.15) is 0 Å². The van der Waals surface area contributed by atoms with Crippen molar-refractivity contribution in [2.75, 3.05) is 18.5 Å². The smallest absolute Gasteiger partial charge is 0.304 e. The van der Waals surface area contributed by atoms with E-state index < -0.39 is 11.9 Å². The Morgan fingerprint density at radius 3 is 2.35 bits per heavy atom. The molecule has 8 heteroatoms. The second-order valence-electron chi connectivity index (χ2n) is 9.30. The number of nitrogen functional groups attached to an aromatic ring is 1. The number of hydrogen-bond donors (Lipinski definition) is 3. The number of benzene rings is 3. The van der Waals surface area contributed by atoms with Crippen LogP contribution in [0.1, 0.15) is 39.0 Å². The van der Waals surface area contributed by atoms with Crippen molar-refractivity contribution in [3.63, 3.8) is 0 Å². The molecule has 2 amide bonds. The van der Waals surface area contributed by atoms with E-state index in [2.05, 4.69) is 0 Å². The molecule has 190 valence electrons. The topological polar surface area (TPSA) is 128 Å². The summed E-state index contributed by atoms with van der Waals surface area (Å²) in [7, 11) is 1.67. The predicted molar refractivity (Wildman–Crippen MR) is 142 cm³/mol. The molecule has 0 aromatic heterocycles. The van der Waals surface area contributed by atoms with Gasteiger partial charge in [0, 0.05) is 37.0 Å². The van der Waals surface area contributed by atoms with Gasteiger partial charge in [-0.3, -0.25) is 19.8 Å². The van der Waals surface area contributed by atoms with Crippen LogP contribution in [0, 0.1) is 11.3 Å². The van der Waals surface area contributed by atoms with Gasteiger partial charge in [-0.1, -0.05) is 36.4 Å². The number of fused-ring (bicyclic) bond motifs is 1. The molecule has 37 heavy (non-hydrogen) atoms. The molecule has 4 rings (SSSR count). The van der Waals surface area contributed by atoms with Crippen molar-refractivity contribution in [2.45, 2.75) is 25.8 Å². The van der Waals surface area contributed by atoms with Gasteiger partial charge in [0.1, 0.15) is 5.84 Å². The average molecular weight is 499 g/mol. The molecule has 0 saturated carbocycles. The molecule has 3 aromatic rings. The summed E-state index contributed by atoms with van der Waals surface area (Å²) in [6.45, 7) is 0.853. The fraction of sp³-hybridized carbons (Fsp3) is 0.241. The van der Waals surface area contributed by atoms with Gasteiger partial charge in [-0.25, -0.2) is 0 Å². The molecular weight excluding hydrogens is 468 g/mol. The molecule has 3 aromatic carbocycles. The minimum absolute atomic E-state index is 0.0467. The molecule has 0 saturated heterocycles. The van der Waals surface area contributed by atoms with Crippen LogP contribution in [0.15, 0.2) is 72.8 Å². The van der Waals surface area contributed by atoms with Crippen molar-refractivity contribution in [3.8, 4) is 0 Å². The first-order chi connectivity index (χ1) is 17.7. The number of amidine groups is 1. The Bertz CT molecular complexity index is 1320. The summed E-state index contributed by atoms with van der Waals surface area (Å²) < 4.78 is 0. The number of nitrogens with two attached hydrogens (primary N) is 1. The molecule has 0 spiro atoms. The number of rotatable bonds is 8. The van der Waals surface area contributed by atoms with Crippen molar-refractivity contribution in [1.82, 2.24) is 4.90 Å². The van der Waals surface area contributed by atoms with Crippen LogP contribution in [0.4, 0.5) is 5.69 Å². The first-order valence-corrected chi connectivity index (χ1v) is 12.1. The van der Waals surface area contributed by atoms with E-state index >= 15 is 0 Å². The molecule has 1 atom stereocenters. The zero-order valence-electron chi connectivity index (χ0n) is 20.7. The molecular formula is C29H30N4O4. The molecule has 4 N–H and O–H groups in total. The number of nitrogens with zero attached hydrogens (tertiary/aromatic N) is 2. The zero-order chi connectivity index (χ0) is 26.5. The molecule has 0 unspecified atom stereocenters. The molecule has 1 aliphatic heterocycles. The van der Waals surface area contributed by atoms with Gasteiger partial charge in [0.05, 0.1) is 12.3 Å². The van der Waals surface area contributed by atoms with E-state index in [-0.39, 0.29) is 30.5 Å². The van der Waals surface area contributed by atoms with Gasteiger partial charge in [0.15, 0.2) is 0 Å². The highest BCUT2D eigenvalue weighted by Crippen LogP contribution is 2.27. The van der Waals surface area contributed by atoms with E-state index in [4.69, 9.17) is 11.1 Å². The highest BCUT2D eigenvalue weighted by molar-refractivity contribution is 6.06. The van der Waals surface area contributed by atoms with Crippen molar-refractivity contribution in [2.24, 2.45) is 11.7 Å². The number of aliphatic carboxylic acids is 1. The fourth-order valence-electron chi connectivity index (χ4n) is 4.64. The molecule has 1 aliphatic rings. The van der Waals surface area contributed by atoms with Gasteiger partial charge in [-0.15, -0.1) is 0 Å². The highest BCUT2D eigenvalue weighted by atomic mass is 16.4. The Morgan fingerprint density at radius 1 is 1.03 bits per heavy atom. The maximum Gasteiger partial charge on any atom is 0.304 e. The number of amides is 2. The average Bonchev–Trinajstić information content (AvgIpc) is 3.02. The zero-order valence-corrected chi connectivity index (χ0v) is 20.7. The summed E-state index contributed by atoms with van der Waals surface area (Å²) in [6.07, 6.45) is 0.673. The minimum atomic E-state index is -1.02. The lowest BCUT2D eigenvalue weighted by Gasteiger charge is -2.24. The van der Waals surface area contributed by atoms with E-state index in [0.29, 0.717) is 36.3 Å². The Hall–Kier alpha value is -4.46. The summed E-state index contributed by atoms with van der Waals surface area (Å²) in [5.74, 6) is -2.17. The fourth-order valence-corrected chi connectivity index (χ4v) is 4.64. The summed E-state index contributed by atoms with van der Waals surface area (Å²) in [6, 6.07) is 22.1. The Morgan fingerprint density at radius 2 is 1.70 bits per heavy atom. The highest BCUT2D eigenvalue weighted by Gasteiger charge is 2.31. The lowest BCUT2D eigenvalue weighted by molar-refractivity contribution is -0.144. The first kappa shape index (κ1) is 25.6. The quantitative estimate of drug-likeness (QED) is 0.324. The number of hydrogen-bond acceptors (Lipinski definition) is 4. The van der Waals surface area contributed by atoms with E-state index in [1.54, 1.807) is 48.3 Å². The van der Waals surface area contributed by atoms with Gasteiger partial charge >= 0.3 is 5.97 Å². The molecule has 0 radical (unpaired) electrons. The lowest BCUT2D eigenvalue weighted by atomic mass is 9.93. The van der Waals surface area contributed by atoms with E-state index in [1.807, 2.05) is 36.4 Å². The second kappa shape index (κ2) is 11.1. The summed E-state index contributed by atoms with van der Waals surface area (Å²) in [5, 5.41) is 17.0. The van der Waals surface area contributed by atoms with E-state index in [1.165, 1.54) is 4.90 Å². The number of carbonyl (C=O) groups is 3. The number of carbonyl (C=O) groups excluding carboxylic acids is 2. The van der Waals surface area contributed by atoms with E-state index in [0.717, 1.165) is 16.7 Å². The normalized spacial score (nSPS) is 15.0. The third kappa shape index (κ3) is 6.03. The van der Waals surface area contributed by atoms with Gasteiger partial charge in [0.25, 0.3) is 5.91 Å². The predicted octanol–water partition coefficient (Wildman–Crippen LogP) is 3.47. The van der Waals surface area contributed by atoms with Crippen molar-refractivity contribution >= 4 is 29.3 Å². The van der Waals surface area contributed by atoms with Gasteiger partial charge < -0.3 is 20.6 Å². The summed E-state index contributed by atoms with van der Waals surface area (Å²) >= 11 is 0. The summed E-state index contributed by atoms with van der Waals surface area (Å²) in [5.41, 5.74) is 10.0. The Kier molecular flexibility index (Phi) is 7.67. The van der Waals surface area contributed by atoms with Crippen LogP contribution in [0.3, 0.4) is 0 Å². The maximum atomic E-state index is 13.3. The Balaban J connectivity index is 1.58. The molecule has 0 bridgehead atoms. The minimum Gasteiger partial charge on any atom is -0.481 e. The maximum absolute atomic E-state index is 13.3. The van der Waals surface area contributed by atoms with Crippen molar-refractivity contribution in [1.29, 1.82) is 5.41 Å². The lowest BCUT2D eigenvalue weighted by Crippen LogP contribution is -2.37. The van der Waals surface area contributed by atoms with Crippen molar-refractivity contribution < 1.29 is 19.5 Å². The number of anilines is 1. The number of nitrogens with one attached hydrogen (secondary N) is 1. The molecule has 0 fully saturated rings. The third-order valence-electron chi connectivity index (χ3n) is 6.75. The van der Waals surface area contributed by atoms with Crippen LogP contribution in [-0.4, -0.2) is 47.2 Å². The molecule has 8 nitrogen and oxygen atoms in total. The second-order valence-corrected chi connectivity index (χ2v) is 9.30. The molecule has 0 aliphatic carbocycles. The number of carboxylic acids is 1. The first-order valence-electron chi connectivity index (χ1n) is 12.1. The van der Waals surface area contributed by atoms with Crippen LogP contribution >= 0.6 is 0 Å².